The molecule has 0 bridgehead atoms. The molecule has 1 heterocycles. The van der Waals surface area contributed by atoms with Crippen molar-refractivity contribution in [2.75, 3.05) is 5.32 Å². The first kappa shape index (κ1) is 15.7. The van der Waals surface area contributed by atoms with E-state index in [1.54, 1.807) is 6.07 Å². The molecule has 2 aromatic carbocycles. The summed E-state index contributed by atoms with van der Waals surface area (Å²) in [5.41, 5.74) is 3.00. The Hall–Kier alpha value is -0.860. The molecule has 118 valence electrons. The summed E-state index contributed by atoms with van der Waals surface area (Å²) in [6.07, 6.45) is 5.40. The fourth-order valence-electron chi connectivity index (χ4n) is 3.71. The summed E-state index contributed by atoms with van der Waals surface area (Å²) < 4.78 is 0. The third kappa shape index (κ3) is 2.55. The molecular weight excluding hydrogens is 372 g/mol. The van der Waals surface area contributed by atoms with Crippen LogP contribution in [0.3, 0.4) is 0 Å². The molecule has 2 aromatic rings. The van der Waals surface area contributed by atoms with E-state index in [4.69, 9.17) is 46.4 Å². The second-order valence-electron chi connectivity index (χ2n) is 5.96. The van der Waals surface area contributed by atoms with Crippen LogP contribution in [0.5, 0.6) is 0 Å². The lowest BCUT2D eigenvalue weighted by Crippen LogP contribution is -2.29. The van der Waals surface area contributed by atoms with E-state index < -0.39 is 0 Å². The van der Waals surface area contributed by atoms with E-state index in [0.717, 1.165) is 23.2 Å². The molecule has 1 N–H and O–H groups in total. The van der Waals surface area contributed by atoms with Gasteiger partial charge >= 0.3 is 0 Å². The van der Waals surface area contributed by atoms with Gasteiger partial charge in [0.2, 0.25) is 0 Å². The van der Waals surface area contributed by atoms with Crippen molar-refractivity contribution >= 4 is 52.1 Å². The van der Waals surface area contributed by atoms with Crippen LogP contribution >= 0.6 is 46.4 Å². The molecular formula is C18H13Cl4N. The zero-order chi connectivity index (χ0) is 16.1. The van der Waals surface area contributed by atoms with Crippen molar-refractivity contribution in [3.8, 4) is 0 Å². The van der Waals surface area contributed by atoms with Gasteiger partial charge in [-0.05, 0) is 42.2 Å². The first-order valence-corrected chi connectivity index (χ1v) is 8.93. The van der Waals surface area contributed by atoms with Crippen molar-refractivity contribution in [1.82, 2.24) is 0 Å². The van der Waals surface area contributed by atoms with Crippen molar-refractivity contribution in [1.29, 1.82) is 0 Å². The summed E-state index contributed by atoms with van der Waals surface area (Å²) in [6, 6.07) is 9.39. The number of nitrogens with one attached hydrogen (secondary N) is 1. The van der Waals surface area contributed by atoms with E-state index in [1.165, 1.54) is 0 Å². The number of hydrogen-bond donors (Lipinski definition) is 1. The molecule has 23 heavy (non-hydrogen) atoms. The molecule has 1 aliphatic carbocycles. The van der Waals surface area contributed by atoms with Gasteiger partial charge in [-0.3, -0.25) is 0 Å². The maximum absolute atomic E-state index is 6.45. The Labute approximate surface area is 155 Å². The molecule has 1 aliphatic heterocycles. The summed E-state index contributed by atoms with van der Waals surface area (Å²) in [6.45, 7) is 0. The molecule has 0 amide bonds. The maximum Gasteiger partial charge on any atom is 0.0655 e. The van der Waals surface area contributed by atoms with Gasteiger partial charge < -0.3 is 5.32 Å². The molecule has 0 unspecified atom stereocenters. The van der Waals surface area contributed by atoms with Crippen LogP contribution in [0.4, 0.5) is 5.69 Å². The SMILES string of the molecule is Clc1cc(Cl)c2c(c1)[C@@H]1C=CC[C@@H]1[C@H](c1c(Cl)cccc1Cl)N2. The zero-order valence-electron chi connectivity index (χ0n) is 12.0. The zero-order valence-corrected chi connectivity index (χ0v) is 15.0. The van der Waals surface area contributed by atoms with Gasteiger partial charge in [0.25, 0.3) is 0 Å². The van der Waals surface area contributed by atoms with Crippen LogP contribution in [0.2, 0.25) is 20.1 Å². The van der Waals surface area contributed by atoms with Gasteiger partial charge in [-0.1, -0.05) is 64.6 Å². The van der Waals surface area contributed by atoms with Gasteiger partial charge in [0.1, 0.15) is 0 Å². The highest BCUT2D eigenvalue weighted by Crippen LogP contribution is 2.53. The van der Waals surface area contributed by atoms with Crippen molar-refractivity contribution in [3.05, 3.63) is 73.7 Å². The number of halogens is 4. The van der Waals surface area contributed by atoms with Crippen LogP contribution in [-0.2, 0) is 0 Å². The molecule has 0 radical (unpaired) electrons. The number of hydrogen-bond acceptors (Lipinski definition) is 1. The summed E-state index contributed by atoms with van der Waals surface area (Å²) in [5.74, 6) is 0.606. The number of allylic oxidation sites excluding steroid dienone is 2. The second-order valence-corrected chi connectivity index (χ2v) is 7.62. The van der Waals surface area contributed by atoms with E-state index in [2.05, 4.69) is 17.5 Å². The quantitative estimate of drug-likeness (QED) is 0.515. The first-order chi connectivity index (χ1) is 11.1. The number of anilines is 1. The highest BCUT2D eigenvalue weighted by Gasteiger charge is 2.40. The van der Waals surface area contributed by atoms with Crippen molar-refractivity contribution in [2.45, 2.75) is 18.4 Å². The molecule has 0 saturated carbocycles. The van der Waals surface area contributed by atoms with E-state index in [1.807, 2.05) is 24.3 Å². The van der Waals surface area contributed by atoms with E-state index in [0.29, 0.717) is 26.0 Å². The van der Waals surface area contributed by atoms with Gasteiger partial charge in [0.05, 0.1) is 16.8 Å². The average molecular weight is 385 g/mol. The average Bonchev–Trinajstić information content (AvgIpc) is 2.97. The summed E-state index contributed by atoms with van der Waals surface area (Å²) in [4.78, 5) is 0. The summed E-state index contributed by atoms with van der Waals surface area (Å²) in [5, 5.41) is 6.19. The van der Waals surface area contributed by atoms with Gasteiger partial charge in [-0.15, -0.1) is 0 Å². The third-order valence-electron chi connectivity index (χ3n) is 4.70. The molecule has 5 heteroatoms. The lowest BCUT2D eigenvalue weighted by Gasteiger charge is -2.38. The van der Waals surface area contributed by atoms with Crippen LogP contribution in [0, 0.1) is 5.92 Å². The van der Waals surface area contributed by atoms with E-state index >= 15 is 0 Å². The Morgan fingerprint density at radius 3 is 2.43 bits per heavy atom. The normalized spacial score (nSPS) is 25.0. The van der Waals surface area contributed by atoms with Gasteiger partial charge in [0.15, 0.2) is 0 Å². The first-order valence-electron chi connectivity index (χ1n) is 7.42. The predicted octanol–water partition coefficient (Wildman–Crippen LogP) is 7.13. The fraction of sp³-hybridized carbons (Fsp3) is 0.222. The fourth-order valence-corrected chi connectivity index (χ4v) is 4.91. The maximum atomic E-state index is 6.45. The smallest absolute Gasteiger partial charge is 0.0655 e. The molecule has 3 atom stereocenters. The Morgan fingerprint density at radius 1 is 0.957 bits per heavy atom. The lowest BCUT2D eigenvalue weighted by atomic mass is 9.77. The van der Waals surface area contributed by atoms with Crippen LogP contribution < -0.4 is 5.32 Å². The predicted molar refractivity (Wildman–Crippen MR) is 99.3 cm³/mol. The minimum atomic E-state index is 0.0161. The molecule has 4 rings (SSSR count). The number of rotatable bonds is 1. The highest BCUT2D eigenvalue weighted by molar-refractivity contribution is 6.37. The topological polar surface area (TPSA) is 12.0 Å². The van der Waals surface area contributed by atoms with Crippen LogP contribution in [-0.4, -0.2) is 0 Å². The third-order valence-corrected chi connectivity index (χ3v) is 5.87. The summed E-state index contributed by atoms with van der Waals surface area (Å²) >= 11 is 25.5. The van der Waals surface area contributed by atoms with E-state index in [9.17, 15) is 0 Å². The van der Waals surface area contributed by atoms with Crippen molar-refractivity contribution < 1.29 is 0 Å². The molecule has 0 saturated heterocycles. The van der Waals surface area contributed by atoms with Crippen LogP contribution in [0.15, 0.2) is 42.5 Å². The molecule has 2 aliphatic rings. The molecule has 0 fully saturated rings. The van der Waals surface area contributed by atoms with Crippen LogP contribution in [0.1, 0.15) is 29.5 Å². The Morgan fingerprint density at radius 2 is 1.70 bits per heavy atom. The summed E-state index contributed by atoms with van der Waals surface area (Å²) in [7, 11) is 0. The molecule has 0 aromatic heterocycles. The van der Waals surface area contributed by atoms with Crippen molar-refractivity contribution in [3.63, 3.8) is 0 Å². The number of benzene rings is 2. The van der Waals surface area contributed by atoms with Crippen molar-refractivity contribution in [2.24, 2.45) is 5.92 Å². The molecule has 1 nitrogen and oxygen atoms in total. The standard InChI is InChI=1S/C18H13Cl4N/c19-9-7-12-10-3-1-4-11(10)18(23-17(12)15(22)8-9)16-13(20)5-2-6-14(16)21/h1-3,5-8,10-11,18,23H,4H2/t10-,11+,18-/m1/s1. The highest BCUT2D eigenvalue weighted by atomic mass is 35.5. The second kappa shape index (κ2) is 5.89. The minimum Gasteiger partial charge on any atom is -0.376 e. The lowest BCUT2D eigenvalue weighted by molar-refractivity contribution is 0.426. The minimum absolute atomic E-state index is 0.0161. The van der Waals surface area contributed by atoms with E-state index in [-0.39, 0.29) is 12.0 Å². The monoisotopic (exact) mass is 383 g/mol. The Kier molecular flexibility index (Phi) is 4.01. The Bertz CT molecular complexity index is 795. The largest absolute Gasteiger partial charge is 0.376 e. The molecule has 0 spiro atoms. The van der Waals surface area contributed by atoms with Gasteiger partial charge in [-0.25, -0.2) is 0 Å². The Balaban J connectivity index is 1.88. The number of fused-ring (bicyclic) bond motifs is 3. The van der Waals surface area contributed by atoms with Gasteiger partial charge in [-0.2, -0.15) is 0 Å². The van der Waals surface area contributed by atoms with Gasteiger partial charge in [0, 0.05) is 26.5 Å². The van der Waals surface area contributed by atoms with Crippen LogP contribution in [0.25, 0.3) is 0 Å².